The van der Waals surface area contributed by atoms with E-state index >= 15 is 0 Å². The molecule has 0 saturated carbocycles. The van der Waals surface area contributed by atoms with Gasteiger partial charge in [0.25, 0.3) is 0 Å². The summed E-state index contributed by atoms with van der Waals surface area (Å²) in [7, 11) is -2.77. The minimum atomic E-state index is -2.77. The second kappa shape index (κ2) is 8.42. The number of aliphatic hydroxyl groups is 1. The number of ether oxygens (including phenoxy) is 1. The lowest BCUT2D eigenvalue weighted by molar-refractivity contribution is 0.208. The minimum Gasteiger partial charge on any atom is -0.488 e. The summed E-state index contributed by atoms with van der Waals surface area (Å²) in [5, 5.41) is 13.4. The number of aromatic nitrogens is 2. The number of nitrogens with zero attached hydrogens (tertiary/aromatic N) is 2. The van der Waals surface area contributed by atoms with Crippen LogP contribution in [0.25, 0.3) is 10.9 Å². The van der Waals surface area contributed by atoms with Gasteiger partial charge in [0.1, 0.15) is 24.5 Å². The highest BCUT2D eigenvalue weighted by atomic mass is 79.9. The number of hydrogen-bond acceptors (Lipinski definition) is 7. The molecule has 9 heteroatoms. The molecule has 28 heavy (non-hydrogen) atoms. The Balaban J connectivity index is 1.83. The van der Waals surface area contributed by atoms with Crippen LogP contribution in [-0.4, -0.2) is 38.2 Å². The van der Waals surface area contributed by atoms with Crippen molar-refractivity contribution in [1.82, 2.24) is 9.97 Å². The first-order chi connectivity index (χ1) is 13.2. The number of nitrogens with one attached hydrogen (secondary N) is 2. The summed E-state index contributed by atoms with van der Waals surface area (Å²) < 4.78 is 26.3. The standard InChI is InChI=1S/C19H21BrN4O3S/c1-12(25)9-22-19-15-7-16(20)18(8-17(15)23-11-24-19)27-10-13-4-3-5-14(6-13)28(2,21)26/h3-8,11-12,21,25H,9-10H2,1-2H3,(H,22,23,24)/t12-,28?/m1/s1. The Morgan fingerprint density at radius 3 is 2.82 bits per heavy atom. The van der Waals surface area contributed by atoms with E-state index in [-0.39, 0.29) is 6.61 Å². The van der Waals surface area contributed by atoms with Crippen molar-refractivity contribution in [3.05, 3.63) is 52.8 Å². The fourth-order valence-electron chi connectivity index (χ4n) is 2.59. The molecule has 3 rings (SSSR count). The zero-order valence-electron chi connectivity index (χ0n) is 15.5. The Labute approximate surface area is 172 Å². The van der Waals surface area contributed by atoms with Gasteiger partial charge in [0, 0.05) is 29.1 Å². The molecule has 0 spiro atoms. The lowest BCUT2D eigenvalue weighted by Gasteiger charge is -2.13. The number of anilines is 1. The molecule has 1 unspecified atom stereocenters. The molecule has 148 valence electrons. The van der Waals surface area contributed by atoms with Crippen LogP contribution >= 0.6 is 15.9 Å². The predicted octanol–water partition coefficient (Wildman–Crippen LogP) is 3.80. The van der Waals surface area contributed by atoms with Crippen molar-refractivity contribution >= 4 is 42.4 Å². The van der Waals surface area contributed by atoms with Crippen LogP contribution in [0.4, 0.5) is 5.82 Å². The number of rotatable bonds is 7. The van der Waals surface area contributed by atoms with Crippen molar-refractivity contribution < 1.29 is 14.1 Å². The maximum atomic E-state index is 11.9. The zero-order chi connectivity index (χ0) is 20.3. The highest BCUT2D eigenvalue weighted by Crippen LogP contribution is 2.32. The first-order valence-corrected chi connectivity index (χ1v) is 11.3. The summed E-state index contributed by atoms with van der Waals surface area (Å²) in [6, 6.07) is 10.7. The second-order valence-corrected chi connectivity index (χ2v) is 9.54. The third-order valence-corrected chi connectivity index (χ3v) is 5.77. The van der Waals surface area contributed by atoms with Gasteiger partial charge in [-0.25, -0.2) is 19.0 Å². The molecule has 0 fully saturated rings. The van der Waals surface area contributed by atoms with Crippen molar-refractivity contribution in [3.63, 3.8) is 0 Å². The molecule has 2 atom stereocenters. The van der Waals surface area contributed by atoms with E-state index < -0.39 is 15.8 Å². The van der Waals surface area contributed by atoms with E-state index in [4.69, 9.17) is 9.52 Å². The molecule has 0 aliphatic carbocycles. The number of aliphatic hydroxyl groups excluding tert-OH is 1. The van der Waals surface area contributed by atoms with Gasteiger partial charge in [-0.1, -0.05) is 12.1 Å². The molecule has 1 aromatic heterocycles. The van der Waals surface area contributed by atoms with Crippen LogP contribution in [0.3, 0.4) is 0 Å². The molecule has 7 nitrogen and oxygen atoms in total. The monoisotopic (exact) mass is 464 g/mol. The molecule has 2 aromatic carbocycles. The van der Waals surface area contributed by atoms with Crippen LogP contribution < -0.4 is 10.1 Å². The molecule has 3 N–H and O–H groups in total. The maximum absolute atomic E-state index is 11.9. The van der Waals surface area contributed by atoms with Gasteiger partial charge in [0.05, 0.1) is 25.8 Å². The van der Waals surface area contributed by atoms with Crippen molar-refractivity contribution in [3.8, 4) is 5.75 Å². The smallest absolute Gasteiger partial charge is 0.137 e. The van der Waals surface area contributed by atoms with E-state index in [0.29, 0.717) is 28.5 Å². The van der Waals surface area contributed by atoms with E-state index in [2.05, 4.69) is 31.2 Å². The second-order valence-electron chi connectivity index (χ2n) is 6.53. The first kappa shape index (κ1) is 20.5. The van der Waals surface area contributed by atoms with Gasteiger partial charge >= 0.3 is 0 Å². The Morgan fingerprint density at radius 1 is 1.32 bits per heavy atom. The molecule has 1 heterocycles. The van der Waals surface area contributed by atoms with Crippen LogP contribution in [0.2, 0.25) is 0 Å². The first-order valence-electron chi connectivity index (χ1n) is 8.56. The maximum Gasteiger partial charge on any atom is 0.137 e. The van der Waals surface area contributed by atoms with Gasteiger partial charge in [-0.3, -0.25) is 0 Å². The van der Waals surface area contributed by atoms with Crippen LogP contribution in [0.5, 0.6) is 5.75 Å². The van der Waals surface area contributed by atoms with E-state index in [1.807, 2.05) is 18.2 Å². The summed E-state index contributed by atoms with van der Waals surface area (Å²) in [6.45, 7) is 2.35. The van der Waals surface area contributed by atoms with Gasteiger partial charge in [-0.05, 0) is 46.6 Å². The molecule has 3 aromatic rings. The normalized spacial score (nSPS) is 14.4. The number of hydrogen-bond donors (Lipinski definition) is 3. The predicted molar refractivity (Wildman–Crippen MR) is 113 cm³/mol. The summed E-state index contributed by atoms with van der Waals surface area (Å²) in [6.07, 6.45) is 2.36. The summed E-state index contributed by atoms with van der Waals surface area (Å²) in [4.78, 5) is 9.01. The van der Waals surface area contributed by atoms with Gasteiger partial charge in [-0.2, -0.15) is 0 Å². The molecule has 0 bridgehead atoms. The van der Waals surface area contributed by atoms with Crippen molar-refractivity contribution in [2.45, 2.75) is 24.5 Å². The average molecular weight is 465 g/mol. The molecule has 0 aliphatic heterocycles. The summed E-state index contributed by atoms with van der Waals surface area (Å²) in [5.41, 5.74) is 1.53. The molecule has 0 saturated heterocycles. The van der Waals surface area contributed by atoms with Gasteiger partial charge < -0.3 is 15.2 Å². The van der Waals surface area contributed by atoms with Crippen molar-refractivity contribution in [2.24, 2.45) is 0 Å². The van der Waals surface area contributed by atoms with Crippen LogP contribution in [0.15, 0.2) is 52.1 Å². The van der Waals surface area contributed by atoms with Crippen LogP contribution in [-0.2, 0) is 16.3 Å². The third kappa shape index (κ3) is 4.98. The van der Waals surface area contributed by atoms with E-state index in [0.717, 1.165) is 15.4 Å². The van der Waals surface area contributed by atoms with Crippen molar-refractivity contribution in [1.29, 1.82) is 4.78 Å². The number of fused-ring (bicyclic) bond motifs is 1. The largest absolute Gasteiger partial charge is 0.488 e. The highest BCUT2D eigenvalue weighted by molar-refractivity contribution is 9.10. The number of halogens is 1. The van der Waals surface area contributed by atoms with E-state index in [9.17, 15) is 9.32 Å². The fraction of sp³-hybridized carbons (Fsp3) is 0.263. The van der Waals surface area contributed by atoms with Gasteiger partial charge in [0.15, 0.2) is 0 Å². The Bertz CT molecular complexity index is 1100. The van der Waals surface area contributed by atoms with Crippen LogP contribution in [0.1, 0.15) is 12.5 Å². The summed E-state index contributed by atoms with van der Waals surface area (Å²) in [5.74, 6) is 1.25. The van der Waals surface area contributed by atoms with Gasteiger partial charge in [-0.15, -0.1) is 0 Å². The van der Waals surface area contributed by atoms with Gasteiger partial charge in [0.2, 0.25) is 0 Å². The molecule has 0 aliphatic rings. The molecule has 0 amide bonds. The minimum absolute atomic E-state index is 0.270. The zero-order valence-corrected chi connectivity index (χ0v) is 17.9. The third-order valence-electron chi connectivity index (χ3n) is 4.00. The quantitative estimate of drug-likeness (QED) is 0.490. The molecular weight excluding hydrogens is 444 g/mol. The Kier molecular flexibility index (Phi) is 6.17. The molecular formula is C19H21BrN4O3S. The fourth-order valence-corrected chi connectivity index (χ4v) is 3.76. The highest BCUT2D eigenvalue weighted by Gasteiger charge is 2.11. The van der Waals surface area contributed by atoms with Crippen LogP contribution in [0, 0.1) is 4.78 Å². The average Bonchev–Trinajstić information content (AvgIpc) is 2.64. The topological polar surface area (TPSA) is 108 Å². The lowest BCUT2D eigenvalue weighted by Crippen LogP contribution is -2.16. The number of benzene rings is 2. The summed E-state index contributed by atoms with van der Waals surface area (Å²) >= 11 is 3.52. The van der Waals surface area contributed by atoms with Crippen molar-refractivity contribution in [2.75, 3.05) is 18.1 Å². The Morgan fingerprint density at radius 2 is 2.11 bits per heavy atom. The Hall–Kier alpha value is -2.23. The van der Waals surface area contributed by atoms with E-state index in [1.54, 1.807) is 25.1 Å². The van der Waals surface area contributed by atoms with E-state index in [1.165, 1.54) is 12.6 Å². The lowest BCUT2D eigenvalue weighted by atomic mass is 10.2. The SMILES string of the molecule is C[C@@H](O)CNc1ncnc2cc(OCc3cccc(S(C)(=N)=O)c3)c(Br)cc12. The molecule has 0 radical (unpaired) electrons.